The molecular formula is C29H30BrClN4O4S. The van der Waals surface area contributed by atoms with Gasteiger partial charge in [-0.2, -0.15) is 0 Å². The lowest BCUT2D eigenvalue weighted by Crippen LogP contribution is -2.48. The molecule has 0 unspecified atom stereocenters. The summed E-state index contributed by atoms with van der Waals surface area (Å²) in [6.45, 7) is 5.17. The van der Waals surface area contributed by atoms with E-state index in [1.165, 1.54) is 7.11 Å². The standard InChI is InChI=1S/C29H30BrClN4O4S/c1-3-16-39-22-8-4-19(5-9-22)28(37)35-14-12-34(13-15-35)25-10-7-21(18-24(25)31)32-29(40)33-27(36)23-17-20(30)6-11-26(23)38-2/h4-11,17-18H,3,12-16H2,1-2H3,(H2,32,33,36,40). The van der Waals surface area contributed by atoms with Gasteiger partial charge >= 0.3 is 0 Å². The normalized spacial score (nSPS) is 13.0. The molecule has 0 atom stereocenters. The van der Waals surface area contributed by atoms with E-state index in [9.17, 15) is 9.59 Å². The average Bonchev–Trinajstić information content (AvgIpc) is 2.96. The van der Waals surface area contributed by atoms with Crippen molar-refractivity contribution in [3.05, 3.63) is 81.3 Å². The Balaban J connectivity index is 1.31. The molecule has 3 aromatic carbocycles. The molecule has 1 aliphatic heterocycles. The summed E-state index contributed by atoms with van der Waals surface area (Å²) in [5.74, 6) is 0.811. The van der Waals surface area contributed by atoms with Gasteiger partial charge in [0.2, 0.25) is 0 Å². The zero-order valence-corrected chi connectivity index (χ0v) is 25.4. The molecular weight excluding hydrogens is 616 g/mol. The number of hydrogen-bond acceptors (Lipinski definition) is 6. The van der Waals surface area contributed by atoms with Crippen molar-refractivity contribution >= 4 is 68.1 Å². The minimum Gasteiger partial charge on any atom is -0.496 e. The molecule has 1 aliphatic rings. The molecule has 0 saturated carbocycles. The molecule has 0 radical (unpaired) electrons. The molecule has 210 valence electrons. The minimum absolute atomic E-state index is 0.00313. The first-order valence-corrected chi connectivity index (χ1v) is 14.4. The highest BCUT2D eigenvalue weighted by molar-refractivity contribution is 9.10. The molecule has 0 aliphatic carbocycles. The Labute approximate surface area is 252 Å². The first-order valence-electron chi connectivity index (χ1n) is 12.8. The SMILES string of the molecule is CCCOc1ccc(C(=O)N2CCN(c3ccc(NC(=S)NC(=O)c4cc(Br)ccc4OC)cc3Cl)CC2)cc1. The maximum atomic E-state index is 13.0. The zero-order valence-electron chi connectivity index (χ0n) is 22.2. The Hall–Kier alpha value is -3.34. The number of anilines is 2. The van der Waals surface area contributed by atoms with Gasteiger partial charge in [0.25, 0.3) is 11.8 Å². The van der Waals surface area contributed by atoms with E-state index in [0.717, 1.165) is 22.3 Å². The molecule has 4 rings (SSSR count). The van der Waals surface area contributed by atoms with Crippen molar-refractivity contribution in [3.8, 4) is 11.5 Å². The van der Waals surface area contributed by atoms with Crippen molar-refractivity contribution < 1.29 is 19.1 Å². The number of nitrogens with zero attached hydrogens (tertiary/aromatic N) is 2. The van der Waals surface area contributed by atoms with Crippen LogP contribution in [-0.4, -0.2) is 61.7 Å². The van der Waals surface area contributed by atoms with E-state index < -0.39 is 5.91 Å². The number of methoxy groups -OCH3 is 1. The van der Waals surface area contributed by atoms with Crippen LogP contribution in [0.4, 0.5) is 11.4 Å². The Morgan fingerprint density at radius 1 is 1.02 bits per heavy atom. The van der Waals surface area contributed by atoms with Gasteiger partial charge in [-0.15, -0.1) is 0 Å². The highest BCUT2D eigenvalue weighted by Crippen LogP contribution is 2.30. The summed E-state index contributed by atoms with van der Waals surface area (Å²) in [5, 5.41) is 6.34. The van der Waals surface area contributed by atoms with Crippen LogP contribution in [0.5, 0.6) is 11.5 Å². The van der Waals surface area contributed by atoms with Crippen LogP contribution in [0.2, 0.25) is 5.02 Å². The molecule has 1 heterocycles. The largest absolute Gasteiger partial charge is 0.496 e. The summed E-state index contributed by atoms with van der Waals surface area (Å²) in [7, 11) is 1.50. The van der Waals surface area contributed by atoms with E-state index in [0.29, 0.717) is 60.4 Å². The van der Waals surface area contributed by atoms with Crippen LogP contribution in [0.15, 0.2) is 65.1 Å². The summed E-state index contributed by atoms with van der Waals surface area (Å²) < 4.78 is 11.6. The number of halogens is 2. The topological polar surface area (TPSA) is 83.1 Å². The summed E-state index contributed by atoms with van der Waals surface area (Å²) in [5.41, 5.74) is 2.50. The van der Waals surface area contributed by atoms with Crippen molar-refractivity contribution in [1.82, 2.24) is 10.2 Å². The number of ether oxygens (including phenoxy) is 2. The van der Waals surface area contributed by atoms with Crippen LogP contribution in [0.3, 0.4) is 0 Å². The molecule has 11 heteroatoms. The van der Waals surface area contributed by atoms with Gasteiger partial charge in [-0.25, -0.2) is 0 Å². The second-order valence-electron chi connectivity index (χ2n) is 9.07. The Bertz CT molecular complexity index is 1380. The van der Waals surface area contributed by atoms with Gasteiger partial charge < -0.3 is 24.6 Å². The maximum Gasteiger partial charge on any atom is 0.261 e. The quantitative estimate of drug-likeness (QED) is 0.291. The van der Waals surface area contributed by atoms with E-state index in [-0.39, 0.29) is 11.0 Å². The predicted octanol–water partition coefficient (Wildman–Crippen LogP) is 5.99. The number of carbonyl (C=O) groups excluding carboxylic acids is 2. The van der Waals surface area contributed by atoms with Crippen molar-refractivity contribution in [2.24, 2.45) is 0 Å². The highest BCUT2D eigenvalue weighted by Gasteiger charge is 2.24. The maximum absolute atomic E-state index is 13.0. The van der Waals surface area contributed by atoms with Gasteiger partial charge in [0.15, 0.2) is 5.11 Å². The molecule has 1 fully saturated rings. The van der Waals surface area contributed by atoms with Crippen LogP contribution in [0.25, 0.3) is 0 Å². The van der Waals surface area contributed by atoms with Crippen molar-refractivity contribution in [2.45, 2.75) is 13.3 Å². The lowest BCUT2D eigenvalue weighted by atomic mass is 10.1. The molecule has 3 aromatic rings. The fourth-order valence-corrected chi connectivity index (χ4v) is 5.15. The first-order chi connectivity index (χ1) is 19.3. The molecule has 1 saturated heterocycles. The minimum atomic E-state index is -0.397. The summed E-state index contributed by atoms with van der Waals surface area (Å²) in [4.78, 5) is 29.7. The second-order valence-corrected chi connectivity index (χ2v) is 10.8. The smallest absolute Gasteiger partial charge is 0.261 e. The average molecular weight is 646 g/mol. The van der Waals surface area contributed by atoms with Crippen LogP contribution in [0.1, 0.15) is 34.1 Å². The number of piperazine rings is 1. The van der Waals surface area contributed by atoms with Gasteiger partial charge in [0, 0.05) is 41.9 Å². The van der Waals surface area contributed by atoms with Crippen LogP contribution < -0.4 is 25.0 Å². The molecule has 2 N–H and O–H groups in total. The van der Waals surface area contributed by atoms with Crippen LogP contribution in [-0.2, 0) is 0 Å². The third kappa shape index (κ3) is 7.44. The lowest BCUT2D eigenvalue weighted by Gasteiger charge is -2.36. The fraction of sp³-hybridized carbons (Fsp3) is 0.276. The zero-order chi connectivity index (χ0) is 28.6. The third-order valence-corrected chi connectivity index (χ3v) is 7.32. The fourth-order valence-electron chi connectivity index (χ4n) is 4.28. The molecule has 0 aromatic heterocycles. The third-order valence-electron chi connectivity index (χ3n) is 6.32. The Morgan fingerprint density at radius 3 is 2.40 bits per heavy atom. The Morgan fingerprint density at radius 2 is 1.75 bits per heavy atom. The first kappa shape index (κ1) is 29.6. The molecule has 0 spiro atoms. The number of nitrogens with one attached hydrogen (secondary N) is 2. The second kappa shape index (κ2) is 13.8. The number of hydrogen-bond donors (Lipinski definition) is 2. The lowest BCUT2D eigenvalue weighted by molar-refractivity contribution is 0.0746. The Kier molecular flexibility index (Phi) is 10.2. The van der Waals surface area contributed by atoms with Gasteiger partial charge in [-0.1, -0.05) is 34.5 Å². The van der Waals surface area contributed by atoms with Crippen molar-refractivity contribution in [1.29, 1.82) is 0 Å². The number of carbonyl (C=O) groups is 2. The van der Waals surface area contributed by atoms with E-state index in [4.69, 9.17) is 33.3 Å². The summed E-state index contributed by atoms with van der Waals surface area (Å²) >= 11 is 15.3. The number of thiocarbonyl (C=S) groups is 1. The summed E-state index contributed by atoms with van der Waals surface area (Å²) in [6.07, 6.45) is 0.934. The number of benzene rings is 3. The van der Waals surface area contributed by atoms with Gasteiger partial charge in [-0.3, -0.25) is 14.9 Å². The van der Waals surface area contributed by atoms with Crippen molar-refractivity contribution in [2.75, 3.05) is 50.1 Å². The van der Waals surface area contributed by atoms with E-state index in [1.54, 1.807) is 24.3 Å². The van der Waals surface area contributed by atoms with Crippen molar-refractivity contribution in [3.63, 3.8) is 0 Å². The van der Waals surface area contributed by atoms with Gasteiger partial charge in [0.1, 0.15) is 11.5 Å². The van der Waals surface area contributed by atoms with E-state index in [1.807, 2.05) is 41.3 Å². The summed E-state index contributed by atoms with van der Waals surface area (Å²) in [6, 6.07) is 17.9. The van der Waals surface area contributed by atoms with Crippen LogP contribution in [0, 0.1) is 0 Å². The van der Waals surface area contributed by atoms with Crippen LogP contribution >= 0.6 is 39.7 Å². The predicted molar refractivity (Wildman–Crippen MR) is 166 cm³/mol. The van der Waals surface area contributed by atoms with Gasteiger partial charge in [0.05, 0.1) is 30.0 Å². The molecule has 2 amide bonds. The monoisotopic (exact) mass is 644 g/mol. The number of amides is 2. The highest BCUT2D eigenvalue weighted by atomic mass is 79.9. The number of rotatable bonds is 8. The molecule has 0 bridgehead atoms. The van der Waals surface area contributed by atoms with Gasteiger partial charge in [-0.05, 0) is 79.3 Å². The van der Waals surface area contributed by atoms with E-state index in [2.05, 4.69) is 38.4 Å². The molecule has 8 nitrogen and oxygen atoms in total. The molecule has 40 heavy (non-hydrogen) atoms. The van der Waals surface area contributed by atoms with E-state index >= 15 is 0 Å².